The average molecular weight is 415 g/mol. The lowest BCUT2D eigenvalue weighted by molar-refractivity contribution is -0.146. The summed E-state index contributed by atoms with van der Waals surface area (Å²) in [6.45, 7) is 5.96. The number of unbranched alkanes of at least 4 members (excludes halogenated alkanes) is 12. The van der Waals surface area contributed by atoms with Crippen LogP contribution in [-0.2, 0) is 23.8 Å². The van der Waals surface area contributed by atoms with E-state index in [0.29, 0.717) is 26.2 Å². The van der Waals surface area contributed by atoms with Gasteiger partial charge in [0.1, 0.15) is 6.61 Å². The Morgan fingerprint density at radius 3 is 1.45 bits per heavy atom. The first-order chi connectivity index (χ1) is 14.2. The second-order valence-corrected chi connectivity index (χ2v) is 7.73. The summed E-state index contributed by atoms with van der Waals surface area (Å²) >= 11 is 0. The van der Waals surface area contributed by atoms with Crippen LogP contribution in [-0.4, -0.2) is 38.4 Å². The summed E-state index contributed by atoms with van der Waals surface area (Å²) in [5.41, 5.74) is 0. The quantitative estimate of drug-likeness (QED) is 0.152. The molecule has 0 aromatic rings. The fraction of sp³-hybridized carbons (Fsp3) is 0.917. The van der Waals surface area contributed by atoms with Gasteiger partial charge in [0.2, 0.25) is 0 Å². The molecule has 0 atom stereocenters. The predicted molar refractivity (Wildman–Crippen MR) is 118 cm³/mol. The van der Waals surface area contributed by atoms with E-state index in [0.717, 1.165) is 12.8 Å². The van der Waals surface area contributed by atoms with Gasteiger partial charge in [-0.2, -0.15) is 0 Å². The van der Waals surface area contributed by atoms with Crippen molar-refractivity contribution < 1.29 is 23.8 Å². The summed E-state index contributed by atoms with van der Waals surface area (Å²) in [7, 11) is 0. The van der Waals surface area contributed by atoms with Crippen molar-refractivity contribution in [2.24, 2.45) is 0 Å². The van der Waals surface area contributed by atoms with Gasteiger partial charge in [-0.3, -0.25) is 9.59 Å². The highest BCUT2D eigenvalue weighted by Crippen LogP contribution is 2.12. The fourth-order valence-corrected chi connectivity index (χ4v) is 3.19. The maximum atomic E-state index is 11.6. The Balaban J connectivity index is 3.24. The zero-order valence-corrected chi connectivity index (χ0v) is 19.2. The monoisotopic (exact) mass is 414 g/mol. The van der Waals surface area contributed by atoms with Crippen molar-refractivity contribution in [3.8, 4) is 0 Å². The smallest absolute Gasteiger partial charge is 0.305 e. The minimum atomic E-state index is -0.283. The molecule has 5 nitrogen and oxygen atoms in total. The van der Waals surface area contributed by atoms with E-state index in [-0.39, 0.29) is 31.4 Å². The lowest BCUT2D eigenvalue weighted by Crippen LogP contribution is -2.11. The Hall–Kier alpha value is -1.10. The van der Waals surface area contributed by atoms with Crippen LogP contribution in [0, 0.1) is 0 Å². The zero-order valence-electron chi connectivity index (χ0n) is 19.2. The summed E-state index contributed by atoms with van der Waals surface area (Å²) in [6, 6.07) is 0. The Labute approximate surface area is 179 Å². The van der Waals surface area contributed by atoms with Gasteiger partial charge in [-0.05, 0) is 19.8 Å². The molecule has 172 valence electrons. The molecule has 0 aromatic heterocycles. The van der Waals surface area contributed by atoms with Gasteiger partial charge in [0.15, 0.2) is 0 Å². The van der Waals surface area contributed by atoms with Crippen molar-refractivity contribution in [1.82, 2.24) is 0 Å². The van der Waals surface area contributed by atoms with E-state index in [1.165, 1.54) is 70.6 Å². The molecular formula is C24H46O5. The molecule has 0 bridgehead atoms. The van der Waals surface area contributed by atoms with E-state index in [4.69, 9.17) is 14.2 Å². The Morgan fingerprint density at radius 2 is 0.966 bits per heavy atom. The first-order valence-electron chi connectivity index (χ1n) is 12.1. The third-order valence-electron chi connectivity index (χ3n) is 4.97. The number of ether oxygens (including phenoxy) is 3. The molecule has 0 N–H and O–H groups in total. The molecule has 29 heavy (non-hydrogen) atoms. The van der Waals surface area contributed by atoms with Crippen molar-refractivity contribution in [2.45, 2.75) is 117 Å². The highest BCUT2D eigenvalue weighted by atomic mass is 16.6. The molecule has 0 aliphatic carbocycles. The van der Waals surface area contributed by atoms with Crippen LogP contribution in [0.25, 0.3) is 0 Å². The van der Waals surface area contributed by atoms with E-state index in [9.17, 15) is 9.59 Å². The van der Waals surface area contributed by atoms with Gasteiger partial charge >= 0.3 is 11.9 Å². The second-order valence-electron chi connectivity index (χ2n) is 7.73. The molecule has 0 radical (unpaired) electrons. The first kappa shape index (κ1) is 27.9. The number of carbonyl (C=O) groups is 2. The minimum absolute atomic E-state index is 0.217. The number of carbonyl (C=O) groups excluding carboxylic acids is 2. The van der Waals surface area contributed by atoms with Crippen LogP contribution in [0.4, 0.5) is 0 Å². The maximum absolute atomic E-state index is 11.6. The predicted octanol–water partition coefficient (Wildman–Crippen LogP) is 6.37. The third-order valence-corrected chi connectivity index (χ3v) is 4.97. The van der Waals surface area contributed by atoms with Crippen LogP contribution in [0.3, 0.4) is 0 Å². The normalized spacial score (nSPS) is 10.8. The molecule has 0 unspecified atom stereocenters. The molecule has 0 spiro atoms. The highest BCUT2D eigenvalue weighted by Gasteiger charge is 2.07. The molecule has 5 heteroatoms. The fourth-order valence-electron chi connectivity index (χ4n) is 3.19. The molecule has 0 rings (SSSR count). The standard InChI is InChI=1S/C24H46O5/c1-3-5-6-7-8-9-10-11-12-13-14-15-16-20-28-23(25)18-17-19-24(26)29-22-21-27-4-2/h3-22H2,1-2H3. The van der Waals surface area contributed by atoms with Crippen molar-refractivity contribution in [2.75, 3.05) is 26.4 Å². The van der Waals surface area contributed by atoms with Crippen LogP contribution >= 0.6 is 0 Å². The molecule has 0 aromatic carbocycles. The molecule has 0 aliphatic rings. The molecule has 0 fully saturated rings. The molecular weight excluding hydrogens is 368 g/mol. The van der Waals surface area contributed by atoms with E-state index in [2.05, 4.69) is 6.92 Å². The minimum Gasteiger partial charge on any atom is -0.466 e. The van der Waals surface area contributed by atoms with Crippen LogP contribution in [0.5, 0.6) is 0 Å². The van der Waals surface area contributed by atoms with Crippen LogP contribution in [0.15, 0.2) is 0 Å². The van der Waals surface area contributed by atoms with Crippen molar-refractivity contribution in [3.63, 3.8) is 0 Å². The van der Waals surface area contributed by atoms with Gasteiger partial charge in [-0.1, -0.05) is 84.0 Å². The van der Waals surface area contributed by atoms with Gasteiger partial charge in [0.25, 0.3) is 0 Å². The first-order valence-corrected chi connectivity index (χ1v) is 12.1. The van der Waals surface area contributed by atoms with E-state index < -0.39 is 0 Å². The summed E-state index contributed by atoms with van der Waals surface area (Å²) in [5, 5.41) is 0. The molecule has 0 saturated heterocycles. The Morgan fingerprint density at radius 1 is 0.517 bits per heavy atom. The SMILES string of the molecule is CCCCCCCCCCCCCCCOC(=O)CCCC(=O)OCCOCC. The van der Waals surface area contributed by atoms with E-state index in [1.54, 1.807) is 0 Å². The van der Waals surface area contributed by atoms with E-state index in [1.807, 2.05) is 6.92 Å². The van der Waals surface area contributed by atoms with Crippen LogP contribution in [0.2, 0.25) is 0 Å². The Kier molecular flexibility index (Phi) is 22.3. The summed E-state index contributed by atoms with van der Waals surface area (Å²) in [4.78, 5) is 23.1. The number of hydrogen-bond donors (Lipinski definition) is 0. The maximum Gasteiger partial charge on any atom is 0.305 e. The molecule has 0 amide bonds. The third kappa shape index (κ3) is 23.0. The topological polar surface area (TPSA) is 61.8 Å². The lowest BCUT2D eigenvalue weighted by atomic mass is 10.0. The van der Waals surface area contributed by atoms with Crippen molar-refractivity contribution >= 4 is 11.9 Å². The van der Waals surface area contributed by atoms with Crippen molar-refractivity contribution in [3.05, 3.63) is 0 Å². The van der Waals surface area contributed by atoms with Gasteiger partial charge in [-0.25, -0.2) is 0 Å². The van der Waals surface area contributed by atoms with Gasteiger partial charge < -0.3 is 14.2 Å². The van der Waals surface area contributed by atoms with E-state index >= 15 is 0 Å². The molecule has 0 saturated carbocycles. The summed E-state index contributed by atoms with van der Waals surface area (Å²) < 4.78 is 15.3. The van der Waals surface area contributed by atoms with Crippen LogP contribution in [0.1, 0.15) is 117 Å². The van der Waals surface area contributed by atoms with Gasteiger partial charge in [0.05, 0.1) is 13.2 Å². The van der Waals surface area contributed by atoms with Gasteiger partial charge in [0, 0.05) is 19.4 Å². The number of rotatable bonds is 22. The van der Waals surface area contributed by atoms with Crippen LogP contribution < -0.4 is 0 Å². The molecule has 0 heterocycles. The molecule has 0 aliphatic heterocycles. The summed E-state index contributed by atoms with van der Waals surface area (Å²) in [5.74, 6) is -0.500. The highest BCUT2D eigenvalue weighted by molar-refractivity contribution is 5.72. The second kappa shape index (κ2) is 23.2. The van der Waals surface area contributed by atoms with Crippen molar-refractivity contribution in [1.29, 1.82) is 0 Å². The van der Waals surface area contributed by atoms with Gasteiger partial charge in [-0.15, -0.1) is 0 Å². The average Bonchev–Trinajstić information content (AvgIpc) is 2.71. The number of hydrogen-bond acceptors (Lipinski definition) is 5. The largest absolute Gasteiger partial charge is 0.466 e. The summed E-state index contributed by atoms with van der Waals surface area (Å²) in [6.07, 6.45) is 18.0. The Bertz CT molecular complexity index is 370. The lowest BCUT2D eigenvalue weighted by Gasteiger charge is -2.06. The number of esters is 2. The zero-order chi connectivity index (χ0) is 21.4.